The molecule has 0 saturated carbocycles. The average Bonchev–Trinajstić information content (AvgIpc) is 2.87. The number of ether oxygens (including phenoxy) is 5. The molecular formula is C27H38O12S2. The van der Waals surface area contributed by atoms with E-state index >= 15 is 0 Å². The molecule has 1 saturated heterocycles. The lowest BCUT2D eigenvalue weighted by atomic mass is 9.99. The van der Waals surface area contributed by atoms with E-state index in [1.807, 2.05) is 6.92 Å². The van der Waals surface area contributed by atoms with Gasteiger partial charge in [-0.3, -0.25) is 23.4 Å². The number of hydrogen-bond donors (Lipinski definition) is 0. The first-order valence-electron chi connectivity index (χ1n) is 13.2. The number of benzene rings is 1. The van der Waals surface area contributed by atoms with E-state index in [0.717, 1.165) is 12.0 Å². The third-order valence-corrected chi connectivity index (χ3v) is 8.38. The lowest BCUT2D eigenvalue weighted by Gasteiger charge is -2.44. The van der Waals surface area contributed by atoms with Crippen molar-refractivity contribution >= 4 is 45.8 Å². The van der Waals surface area contributed by atoms with Crippen LogP contribution in [0.3, 0.4) is 0 Å². The Hall–Kier alpha value is -2.68. The highest BCUT2D eigenvalue weighted by atomic mass is 32.2. The summed E-state index contributed by atoms with van der Waals surface area (Å²) in [7, 11) is -3.81. The molecule has 2 rings (SSSR count). The second-order valence-corrected chi connectivity index (χ2v) is 12.3. The van der Waals surface area contributed by atoms with Crippen LogP contribution >= 0.6 is 11.8 Å². The molecule has 5 atom stereocenters. The van der Waals surface area contributed by atoms with Crippen LogP contribution in [0.15, 0.2) is 29.2 Å². The van der Waals surface area contributed by atoms with Crippen molar-refractivity contribution in [2.45, 2.75) is 95.0 Å². The van der Waals surface area contributed by atoms with Gasteiger partial charge < -0.3 is 23.7 Å². The van der Waals surface area contributed by atoms with Crippen LogP contribution in [0.4, 0.5) is 0 Å². The Morgan fingerprint density at radius 2 is 1.34 bits per heavy atom. The highest BCUT2D eigenvalue weighted by Gasteiger charge is 2.52. The zero-order valence-electron chi connectivity index (χ0n) is 23.9. The van der Waals surface area contributed by atoms with Crippen LogP contribution in [0, 0.1) is 6.92 Å². The van der Waals surface area contributed by atoms with E-state index in [1.54, 1.807) is 12.1 Å². The van der Waals surface area contributed by atoms with Gasteiger partial charge in [0.25, 0.3) is 10.1 Å². The summed E-state index contributed by atoms with van der Waals surface area (Å²) >= 11 is 1.30. The lowest BCUT2D eigenvalue weighted by molar-refractivity contribution is -0.237. The van der Waals surface area contributed by atoms with Crippen molar-refractivity contribution in [1.82, 2.24) is 0 Å². The Bertz CT molecular complexity index is 1140. The van der Waals surface area contributed by atoms with Crippen LogP contribution in [0.2, 0.25) is 0 Å². The first kappa shape index (κ1) is 34.5. The first-order valence-corrected chi connectivity index (χ1v) is 15.6. The zero-order valence-corrected chi connectivity index (χ0v) is 25.5. The van der Waals surface area contributed by atoms with Gasteiger partial charge in [0.05, 0.1) is 11.5 Å². The maximum Gasteiger partial charge on any atom is 0.303 e. The van der Waals surface area contributed by atoms with E-state index in [0.29, 0.717) is 25.0 Å². The summed E-state index contributed by atoms with van der Waals surface area (Å²) in [5.74, 6) is -2.06. The summed E-state index contributed by atoms with van der Waals surface area (Å²) < 4.78 is 57.1. The quantitative estimate of drug-likeness (QED) is 0.122. The summed E-state index contributed by atoms with van der Waals surface area (Å²) in [5, 5.41) is 0. The van der Waals surface area contributed by atoms with Crippen LogP contribution in [0.1, 0.15) is 58.9 Å². The molecule has 1 heterocycles. The van der Waals surface area contributed by atoms with Crippen LogP contribution in [0.5, 0.6) is 0 Å². The Balaban J connectivity index is 1.95. The molecule has 230 valence electrons. The van der Waals surface area contributed by atoms with Gasteiger partial charge in [-0.25, -0.2) is 0 Å². The fourth-order valence-electron chi connectivity index (χ4n) is 4.02. The van der Waals surface area contributed by atoms with E-state index in [1.165, 1.54) is 51.6 Å². The molecule has 0 aromatic heterocycles. The van der Waals surface area contributed by atoms with Crippen molar-refractivity contribution < 1.29 is 55.5 Å². The van der Waals surface area contributed by atoms with Gasteiger partial charge in [0.2, 0.25) is 0 Å². The molecule has 0 radical (unpaired) electrons. The first-order chi connectivity index (χ1) is 19.3. The van der Waals surface area contributed by atoms with Gasteiger partial charge in [-0.05, 0) is 37.7 Å². The average molecular weight is 619 g/mol. The lowest BCUT2D eigenvalue weighted by Crippen LogP contribution is -2.61. The van der Waals surface area contributed by atoms with Crippen LogP contribution < -0.4 is 0 Å². The van der Waals surface area contributed by atoms with Crippen molar-refractivity contribution in [3.05, 3.63) is 29.8 Å². The minimum atomic E-state index is -3.81. The molecule has 1 aliphatic rings. The van der Waals surface area contributed by atoms with Gasteiger partial charge in [-0.15, -0.1) is 11.8 Å². The van der Waals surface area contributed by atoms with E-state index in [-0.39, 0.29) is 18.1 Å². The number of esters is 4. The van der Waals surface area contributed by atoms with Crippen molar-refractivity contribution in [3.63, 3.8) is 0 Å². The van der Waals surface area contributed by atoms with Crippen molar-refractivity contribution in [1.29, 1.82) is 0 Å². The molecule has 1 fully saturated rings. The minimum Gasteiger partial charge on any atom is -0.463 e. The van der Waals surface area contributed by atoms with Gasteiger partial charge in [-0.1, -0.05) is 30.5 Å². The standard InChI is InChI=1S/C27H38O12S2/c1-17-10-12-22(13-11-17)41(32,33)35-14-8-6-7-9-15-40-27-26(38-21(5)31)25(37-20(4)30)24(36-19(3)29)23(39-27)16-34-18(2)28/h10-13,23-27H,6-9,14-16H2,1-5H3/t23-,24+,25+,26-,27+/m1/s1. The number of thioether (sulfide) groups is 1. The second kappa shape index (κ2) is 16.7. The molecule has 14 heteroatoms. The van der Waals surface area contributed by atoms with Crippen molar-refractivity contribution in [3.8, 4) is 0 Å². The molecule has 1 aromatic carbocycles. The summed E-state index contributed by atoms with van der Waals surface area (Å²) in [6, 6.07) is 6.43. The van der Waals surface area contributed by atoms with Gasteiger partial charge in [-0.2, -0.15) is 8.42 Å². The van der Waals surface area contributed by atoms with Crippen molar-refractivity contribution in [2.75, 3.05) is 19.0 Å². The third kappa shape index (κ3) is 12.0. The third-order valence-electron chi connectivity index (χ3n) is 5.82. The molecule has 0 N–H and O–H groups in total. The zero-order chi connectivity index (χ0) is 30.6. The van der Waals surface area contributed by atoms with Crippen LogP contribution in [-0.2, 0) is 57.2 Å². The van der Waals surface area contributed by atoms with Gasteiger partial charge in [0.15, 0.2) is 18.3 Å². The van der Waals surface area contributed by atoms with E-state index < -0.39 is 63.8 Å². The number of carbonyl (C=O) groups excluding carboxylic acids is 4. The monoisotopic (exact) mass is 618 g/mol. The number of hydrogen-bond acceptors (Lipinski definition) is 13. The largest absolute Gasteiger partial charge is 0.463 e. The maximum atomic E-state index is 12.3. The fourth-order valence-corrected chi connectivity index (χ4v) is 6.19. The Morgan fingerprint density at radius 3 is 1.93 bits per heavy atom. The number of rotatable bonds is 15. The van der Waals surface area contributed by atoms with Crippen LogP contribution in [-0.4, -0.2) is 81.1 Å². The molecule has 0 unspecified atom stereocenters. The SMILES string of the molecule is CC(=O)OC[C@H]1O[C@@H](SCCCCCCOS(=O)(=O)c2ccc(C)cc2)[C@H](OC(C)=O)[C@@H](OC(C)=O)[C@H]1OC(C)=O. The minimum absolute atomic E-state index is 0.0586. The summed E-state index contributed by atoms with van der Waals surface area (Å²) in [6.45, 7) is 6.39. The number of unbranched alkanes of at least 4 members (excludes halogenated alkanes) is 3. The smallest absolute Gasteiger partial charge is 0.303 e. The molecule has 12 nitrogen and oxygen atoms in total. The molecule has 41 heavy (non-hydrogen) atoms. The molecule has 0 aliphatic carbocycles. The molecule has 0 bridgehead atoms. The molecule has 0 spiro atoms. The van der Waals surface area contributed by atoms with Crippen molar-refractivity contribution in [2.24, 2.45) is 0 Å². The van der Waals surface area contributed by atoms with E-state index in [2.05, 4.69) is 0 Å². The Kier molecular flexibility index (Phi) is 14.0. The van der Waals surface area contributed by atoms with Gasteiger partial charge >= 0.3 is 23.9 Å². The molecule has 0 amide bonds. The van der Waals surface area contributed by atoms with Crippen LogP contribution in [0.25, 0.3) is 0 Å². The number of carbonyl (C=O) groups is 4. The number of aryl methyl sites for hydroxylation is 1. The predicted octanol–water partition coefficient (Wildman–Crippen LogP) is 3.08. The fraction of sp³-hybridized carbons (Fsp3) is 0.630. The summed E-state index contributed by atoms with van der Waals surface area (Å²) in [4.78, 5) is 47.2. The summed E-state index contributed by atoms with van der Waals surface area (Å²) in [5.41, 5.74) is 0.129. The highest BCUT2D eigenvalue weighted by molar-refractivity contribution is 7.99. The molecular weight excluding hydrogens is 580 g/mol. The molecule has 1 aliphatic heterocycles. The van der Waals surface area contributed by atoms with E-state index in [9.17, 15) is 27.6 Å². The van der Waals surface area contributed by atoms with E-state index in [4.69, 9.17) is 27.9 Å². The van der Waals surface area contributed by atoms with Gasteiger partial charge in [0, 0.05) is 27.7 Å². The Labute approximate surface area is 244 Å². The summed E-state index contributed by atoms with van der Waals surface area (Å²) in [6.07, 6.45) is -1.75. The predicted molar refractivity (Wildman–Crippen MR) is 147 cm³/mol. The topological polar surface area (TPSA) is 158 Å². The molecule has 1 aromatic rings. The van der Waals surface area contributed by atoms with Gasteiger partial charge in [0.1, 0.15) is 18.1 Å². The second-order valence-electron chi connectivity index (χ2n) is 9.44. The normalized spacial score (nSPS) is 22.4. The Morgan fingerprint density at radius 1 is 0.780 bits per heavy atom. The highest BCUT2D eigenvalue weighted by Crippen LogP contribution is 2.35. The maximum absolute atomic E-state index is 12.3.